The second-order valence-electron chi connectivity index (χ2n) is 3.64. The number of halogens is 1. The smallest absolute Gasteiger partial charge is 0.259 e. The molecule has 0 fully saturated rings. The van der Waals surface area contributed by atoms with Crippen molar-refractivity contribution in [3.8, 4) is 11.5 Å². The Morgan fingerprint density at radius 2 is 1.73 bits per heavy atom. The summed E-state index contributed by atoms with van der Waals surface area (Å²) < 4.78 is 5.82. The van der Waals surface area contributed by atoms with Gasteiger partial charge in [-0.3, -0.25) is 0 Å². The van der Waals surface area contributed by atoms with Crippen LogP contribution in [0.15, 0.2) is 16.7 Å². The highest BCUT2D eigenvalue weighted by atomic mass is 127. The lowest BCUT2D eigenvalue weighted by Crippen LogP contribution is -1.90. The summed E-state index contributed by atoms with van der Waals surface area (Å²) in [5.41, 5.74) is 4.65. The van der Waals surface area contributed by atoms with Gasteiger partial charge in [0.25, 0.3) is 5.89 Å². The number of aromatic nitrogens is 2. The van der Waals surface area contributed by atoms with Gasteiger partial charge in [-0.15, -0.1) is 0 Å². The molecule has 0 N–H and O–H groups in total. The first-order valence-electron chi connectivity index (χ1n) is 4.65. The summed E-state index contributed by atoms with van der Waals surface area (Å²) in [6.45, 7) is 6.21. The highest BCUT2D eigenvalue weighted by molar-refractivity contribution is 14.1. The maximum absolute atomic E-state index is 5.18. The summed E-state index contributed by atoms with van der Waals surface area (Å²) in [4.78, 5) is 4.24. The third-order valence-electron chi connectivity index (χ3n) is 2.29. The summed E-state index contributed by atoms with van der Waals surface area (Å²) in [5, 5.41) is 3.80. The van der Waals surface area contributed by atoms with Crippen LogP contribution in [0.3, 0.4) is 0 Å². The number of benzene rings is 1. The van der Waals surface area contributed by atoms with E-state index in [2.05, 4.69) is 43.0 Å². The minimum atomic E-state index is 0.606. The minimum absolute atomic E-state index is 0.606. The predicted octanol–water partition coefficient (Wildman–Crippen LogP) is 3.27. The van der Waals surface area contributed by atoms with Gasteiger partial charge in [-0.05, 0) is 31.9 Å². The normalized spacial score (nSPS) is 10.7. The van der Waals surface area contributed by atoms with E-state index >= 15 is 0 Å². The summed E-state index contributed by atoms with van der Waals surface area (Å²) >= 11 is 2.04. The first-order chi connectivity index (χ1) is 7.08. The lowest BCUT2D eigenvalue weighted by atomic mass is 10.00. The molecule has 4 heteroatoms. The van der Waals surface area contributed by atoms with E-state index in [-0.39, 0.29) is 0 Å². The molecule has 0 radical (unpaired) electrons. The fourth-order valence-electron chi connectivity index (χ4n) is 1.82. The minimum Gasteiger partial charge on any atom is -0.333 e. The number of nitrogens with zero attached hydrogens (tertiary/aromatic N) is 2. The second kappa shape index (κ2) is 3.92. The zero-order valence-electron chi connectivity index (χ0n) is 8.84. The fourth-order valence-corrected chi connectivity index (χ4v) is 2.14. The van der Waals surface area contributed by atoms with Crippen molar-refractivity contribution in [2.75, 3.05) is 0 Å². The molecular formula is C11H11IN2O. The zero-order chi connectivity index (χ0) is 11.0. The third-order valence-corrected chi connectivity index (χ3v) is 2.73. The van der Waals surface area contributed by atoms with Crippen molar-refractivity contribution in [3.63, 3.8) is 0 Å². The third kappa shape index (κ3) is 2.04. The van der Waals surface area contributed by atoms with Gasteiger partial charge in [0.1, 0.15) is 0 Å². The molecule has 2 rings (SSSR count). The van der Waals surface area contributed by atoms with Crippen molar-refractivity contribution in [2.24, 2.45) is 0 Å². The first-order valence-corrected chi connectivity index (χ1v) is 5.73. The molecule has 0 atom stereocenters. The Bertz CT molecular complexity index is 482. The van der Waals surface area contributed by atoms with Crippen LogP contribution in [-0.4, -0.2) is 10.1 Å². The fraction of sp³-hybridized carbons (Fsp3) is 0.273. The molecule has 3 nitrogen and oxygen atoms in total. The van der Waals surface area contributed by atoms with Crippen molar-refractivity contribution >= 4 is 22.6 Å². The number of hydrogen-bond donors (Lipinski definition) is 0. The molecule has 0 aliphatic heterocycles. The molecule has 0 saturated carbocycles. The van der Waals surface area contributed by atoms with Crippen LogP contribution < -0.4 is 0 Å². The molecule has 2 aromatic rings. The molecule has 0 amide bonds. The number of hydrogen-bond acceptors (Lipinski definition) is 3. The Morgan fingerprint density at radius 3 is 2.20 bits per heavy atom. The van der Waals surface area contributed by atoms with E-state index in [9.17, 15) is 0 Å². The standard InChI is InChI=1S/C11H11IN2O/c1-6-4-7(2)9(8(3)5-6)10-13-11(12)14-15-10/h4-5H,1-3H3. The first kappa shape index (κ1) is 10.6. The van der Waals surface area contributed by atoms with Crippen molar-refractivity contribution in [3.05, 3.63) is 32.7 Å². The van der Waals surface area contributed by atoms with Crippen LogP contribution in [0.25, 0.3) is 11.5 Å². The van der Waals surface area contributed by atoms with E-state index in [4.69, 9.17) is 4.52 Å². The van der Waals surface area contributed by atoms with E-state index in [1.54, 1.807) is 0 Å². The summed E-state index contributed by atoms with van der Waals surface area (Å²) in [5.74, 6) is 0.606. The van der Waals surface area contributed by atoms with Crippen molar-refractivity contribution in [2.45, 2.75) is 20.8 Å². The number of rotatable bonds is 1. The lowest BCUT2D eigenvalue weighted by Gasteiger charge is -2.06. The molecule has 1 heterocycles. The average molecular weight is 314 g/mol. The van der Waals surface area contributed by atoms with Gasteiger partial charge in [0.15, 0.2) is 0 Å². The van der Waals surface area contributed by atoms with Gasteiger partial charge >= 0.3 is 0 Å². The van der Waals surface area contributed by atoms with Gasteiger partial charge in [0, 0.05) is 28.2 Å². The van der Waals surface area contributed by atoms with E-state index in [0.29, 0.717) is 9.72 Å². The number of aryl methyl sites for hydroxylation is 3. The van der Waals surface area contributed by atoms with Gasteiger partial charge in [0.05, 0.1) is 0 Å². The van der Waals surface area contributed by atoms with E-state index in [1.807, 2.05) is 22.6 Å². The molecule has 0 saturated heterocycles. The Hall–Kier alpha value is -0.910. The lowest BCUT2D eigenvalue weighted by molar-refractivity contribution is 0.425. The molecule has 0 unspecified atom stereocenters. The molecule has 0 bridgehead atoms. The Balaban J connectivity index is 2.62. The Labute approximate surface area is 102 Å². The summed E-state index contributed by atoms with van der Waals surface area (Å²) in [6, 6.07) is 4.25. The predicted molar refractivity (Wildman–Crippen MR) is 66.7 cm³/mol. The molecule has 78 valence electrons. The molecule has 0 aliphatic carbocycles. The zero-order valence-corrected chi connectivity index (χ0v) is 11.0. The topological polar surface area (TPSA) is 38.9 Å². The van der Waals surface area contributed by atoms with Gasteiger partial charge in [-0.1, -0.05) is 22.9 Å². The molecule has 15 heavy (non-hydrogen) atoms. The van der Waals surface area contributed by atoms with Gasteiger partial charge in [0.2, 0.25) is 3.83 Å². The van der Waals surface area contributed by atoms with Crippen LogP contribution in [0, 0.1) is 24.6 Å². The van der Waals surface area contributed by atoms with Gasteiger partial charge in [-0.25, -0.2) is 0 Å². The monoisotopic (exact) mass is 314 g/mol. The van der Waals surface area contributed by atoms with Gasteiger partial charge < -0.3 is 4.52 Å². The van der Waals surface area contributed by atoms with E-state index in [0.717, 1.165) is 5.56 Å². The largest absolute Gasteiger partial charge is 0.333 e. The molecular weight excluding hydrogens is 303 g/mol. The second-order valence-corrected chi connectivity index (χ2v) is 4.61. The van der Waals surface area contributed by atoms with Gasteiger partial charge in [-0.2, -0.15) is 4.98 Å². The SMILES string of the molecule is Cc1cc(C)c(-c2nc(I)no2)c(C)c1. The van der Waals surface area contributed by atoms with Crippen molar-refractivity contribution < 1.29 is 4.52 Å². The summed E-state index contributed by atoms with van der Waals surface area (Å²) in [6.07, 6.45) is 0. The van der Waals surface area contributed by atoms with Crippen LogP contribution in [0.1, 0.15) is 16.7 Å². The quantitative estimate of drug-likeness (QED) is 0.758. The van der Waals surface area contributed by atoms with Crippen LogP contribution in [0.2, 0.25) is 0 Å². The van der Waals surface area contributed by atoms with E-state index < -0.39 is 0 Å². The average Bonchev–Trinajstić information content (AvgIpc) is 2.49. The molecule has 1 aromatic heterocycles. The summed E-state index contributed by atoms with van der Waals surface area (Å²) in [7, 11) is 0. The maximum atomic E-state index is 5.18. The molecule has 0 aliphatic rings. The highest BCUT2D eigenvalue weighted by Crippen LogP contribution is 2.26. The maximum Gasteiger partial charge on any atom is 0.259 e. The van der Waals surface area contributed by atoms with Crippen molar-refractivity contribution in [1.82, 2.24) is 10.1 Å². The van der Waals surface area contributed by atoms with Crippen LogP contribution in [-0.2, 0) is 0 Å². The van der Waals surface area contributed by atoms with E-state index in [1.165, 1.54) is 16.7 Å². The van der Waals surface area contributed by atoms with Crippen LogP contribution in [0.5, 0.6) is 0 Å². The Kier molecular flexibility index (Phi) is 2.77. The highest BCUT2D eigenvalue weighted by Gasteiger charge is 2.12. The van der Waals surface area contributed by atoms with Crippen molar-refractivity contribution in [1.29, 1.82) is 0 Å². The molecule has 0 spiro atoms. The van der Waals surface area contributed by atoms with Crippen LogP contribution in [0.4, 0.5) is 0 Å². The molecule has 1 aromatic carbocycles. The Morgan fingerprint density at radius 1 is 1.13 bits per heavy atom. The van der Waals surface area contributed by atoms with Crippen LogP contribution >= 0.6 is 22.6 Å².